The zero-order chi connectivity index (χ0) is 11.1. The van der Waals surface area contributed by atoms with Crippen LogP contribution in [-0.4, -0.2) is 14.7 Å². The Morgan fingerprint density at radius 1 is 1.27 bits per heavy atom. The zero-order valence-electron chi connectivity index (χ0n) is 8.40. The van der Waals surface area contributed by atoms with Crippen LogP contribution in [0.25, 0.3) is 0 Å². The minimum Gasteiger partial charge on any atom is -0.224 e. The Labute approximate surface area is 89.3 Å². The molecule has 0 saturated heterocycles. The van der Waals surface area contributed by atoms with Crippen molar-refractivity contribution in [3.8, 4) is 6.07 Å². The molecule has 4 heteroatoms. The van der Waals surface area contributed by atoms with E-state index in [1.165, 1.54) is 6.26 Å². The van der Waals surface area contributed by atoms with Gasteiger partial charge in [-0.05, 0) is 30.5 Å². The third kappa shape index (κ3) is 1.75. The molecule has 0 bridgehead atoms. The molecule has 0 N–H and O–H groups in total. The van der Waals surface area contributed by atoms with Crippen molar-refractivity contribution in [1.82, 2.24) is 0 Å². The molecule has 78 valence electrons. The lowest BCUT2D eigenvalue weighted by Gasteiger charge is -2.06. The molecule has 0 unspecified atom stereocenters. The molecule has 1 aliphatic carbocycles. The van der Waals surface area contributed by atoms with Crippen molar-refractivity contribution in [2.45, 2.75) is 23.2 Å². The van der Waals surface area contributed by atoms with Crippen molar-refractivity contribution in [3.63, 3.8) is 0 Å². The number of hydrogen-bond donors (Lipinski definition) is 0. The maximum atomic E-state index is 11.2. The highest BCUT2D eigenvalue weighted by atomic mass is 32.2. The van der Waals surface area contributed by atoms with Gasteiger partial charge in [0.25, 0.3) is 0 Å². The average molecular weight is 221 g/mol. The second kappa shape index (κ2) is 3.07. The first kappa shape index (κ1) is 10.2. The van der Waals surface area contributed by atoms with E-state index in [2.05, 4.69) is 6.07 Å². The summed E-state index contributed by atoms with van der Waals surface area (Å²) in [5, 5.41) is 8.97. The van der Waals surface area contributed by atoms with Crippen molar-refractivity contribution in [1.29, 1.82) is 5.26 Å². The summed E-state index contributed by atoms with van der Waals surface area (Å²) >= 11 is 0. The molecule has 15 heavy (non-hydrogen) atoms. The first-order chi connectivity index (χ1) is 6.98. The summed E-state index contributed by atoms with van der Waals surface area (Å²) in [6.45, 7) is 0. The van der Waals surface area contributed by atoms with Gasteiger partial charge < -0.3 is 0 Å². The molecule has 2 rings (SSSR count). The standard InChI is InChI=1S/C11H11NO2S/c1-15(13,14)10-4-2-9(3-5-10)11(8-12)6-7-11/h2-5H,6-7H2,1H3. The van der Waals surface area contributed by atoms with Crippen molar-refractivity contribution >= 4 is 9.84 Å². The lowest BCUT2D eigenvalue weighted by molar-refractivity contribution is 0.602. The summed E-state index contributed by atoms with van der Waals surface area (Å²) in [7, 11) is -3.13. The first-order valence-electron chi connectivity index (χ1n) is 4.70. The van der Waals surface area contributed by atoms with Gasteiger partial charge in [0.1, 0.15) is 0 Å². The van der Waals surface area contributed by atoms with Crippen LogP contribution in [0.2, 0.25) is 0 Å². The van der Waals surface area contributed by atoms with E-state index in [-0.39, 0.29) is 5.41 Å². The van der Waals surface area contributed by atoms with Gasteiger partial charge in [0.15, 0.2) is 9.84 Å². The fourth-order valence-corrected chi connectivity index (χ4v) is 2.24. The maximum absolute atomic E-state index is 11.2. The summed E-state index contributed by atoms with van der Waals surface area (Å²) < 4.78 is 22.4. The van der Waals surface area contributed by atoms with Crippen LogP contribution in [0, 0.1) is 11.3 Å². The molecule has 1 saturated carbocycles. The molecule has 1 aliphatic rings. The van der Waals surface area contributed by atoms with Crippen LogP contribution in [0.1, 0.15) is 18.4 Å². The minimum absolute atomic E-state index is 0.306. The Bertz CT molecular complexity index is 519. The van der Waals surface area contributed by atoms with E-state index in [4.69, 9.17) is 5.26 Å². The summed E-state index contributed by atoms with van der Waals surface area (Å²) in [4.78, 5) is 0.306. The third-order valence-electron chi connectivity index (χ3n) is 2.80. The van der Waals surface area contributed by atoms with Crippen molar-refractivity contribution in [2.24, 2.45) is 0 Å². The molecule has 3 nitrogen and oxygen atoms in total. The Kier molecular flexibility index (Phi) is 2.09. The Hall–Kier alpha value is -1.34. The number of nitrogens with zero attached hydrogens (tertiary/aromatic N) is 1. The van der Waals surface area contributed by atoms with E-state index >= 15 is 0 Å². The SMILES string of the molecule is CS(=O)(=O)c1ccc(C2(C#N)CC2)cc1. The highest BCUT2D eigenvalue weighted by Crippen LogP contribution is 2.47. The number of hydrogen-bond acceptors (Lipinski definition) is 3. The van der Waals surface area contributed by atoms with Gasteiger partial charge >= 0.3 is 0 Å². The van der Waals surface area contributed by atoms with Crippen LogP contribution in [0.15, 0.2) is 29.2 Å². The fourth-order valence-electron chi connectivity index (χ4n) is 1.61. The van der Waals surface area contributed by atoms with E-state index in [0.717, 1.165) is 18.4 Å². The van der Waals surface area contributed by atoms with Gasteiger partial charge in [0, 0.05) is 6.26 Å². The topological polar surface area (TPSA) is 57.9 Å². The summed E-state index contributed by atoms with van der Waals surface area (Å²) in [6, 6.07) is 8.91. The van der Waals surface area contributed by atoms with Crippen molar-refractivity contribution in [3.05, 3.63) is 29.8 Å². The molecule has 0 aliphatic heterocycles. The van der Waals surface area contributed by atoms with E-state index in [9.17, 15) is 8.42 Å². The van der Waals surface area contributed by atoms with Crippen LogP contribution >= 0.6 is 0 Å². The van der Waals surface area contributed by atoms with Gasteiger partial charge in [0.2, 0.25) is 0 Å². The monoisotopic (exact) mass is 221 g/mol. The van der Waals surface area contributed by atoms with Gasteiger partial charge in [-0.1, -0.05) is 12.1 Å². The van der Waals surface area contributed by atoms with Crippen LogP contribution in [0.5, 0.6) is 0 Å². The number of rotatable bonds is 2. The minimum atomic E-state index is -3.13. The van der Waals surface area contributed by atoms with Crippen LogP contribution in [-0.2, 0) is 15.3 Å². The first-order valence-corrected chi connectivity index (χ1v) is 6.59. The molecular weight excluding hydrogens is 210 g/mol. The number of benzene rings is 1. The molecule has 1 fully saturated rings. The second-order valence-electron chi connectivity index (χ2n) is 3.99. The average Bonchev–Trinajstić information content (AvgIpc) is 2.97. The van der Waals surface area contributed by atoms with Crippen molar-refractivity contribution in [2.75, 3.05) is 6.26 Å². The Morgan fingerprint density at radius 3 is 2.13 bits per heavy atom. The van der Waals surface area contributed by atoms with Crippen molar-refractivity contribution < 1.29 is 8.42 Å². The van der Waals surface area contributed by atoms with Gasteiger partial charge in [-0.2, -0.15) is 5.26 Å². The van der Waals surface area contributed by atoms with Crippen LogP contribution in [0.4, 0.5) is 0 Å². The maximum Gasteiger partial charge on any atom is 0.175 e. The van der Waals surface area contributed by atoms with E-state index in [1.54, 1.807) is 24.3 Å². The smallest absolute Gasteiger partial charge is 0.175 e. The summed E-state index contributed by atoms with van der Waals surface area (Å²) in [5.41, 5.74) is 0.591. The molecule has 0 heterocycles. The number of nitriles is 1. The predicted molar refractivity (Wildman–Crippen MR) is 56.1 cm³/mol. The molecule has 0 aromatic heterocycles. The van der Waals surface area contributed by atoms with Gasteiger partial charge in [0.05, 0.1) is 16.4 Å². The zero-order valence-corrected chi connectivity index (χ0v) is 9.21. The molecule has 1 aromatic carbocycles. The third-order valence-corrected chi connectivity index (χ3v) is 3.93. The lowest BCUT2D eigenvalue weighted by atomic mass is 9.98. The quantitative estimate of drug-likeness (QED) is 0.762. The largest absolute Gasteiger partial charge is 0.224 e. The fraction of sp³-hybridized carbons (Fsp3) is 0.364. The molecule has 0 atom stereocenters. The van der Waals surface area contributed by atoms with Gasteiger partial charge in [-0.3, -0.25) is 0 Å². The molecule has 0 spiro atoms. The molecular formula is C11H11NO2S. The summed E-state index contributed by atoms with van der Waals surface area (Å²) in [5.74, 6) is 0. The van der Waals surface area contributed by atoms with Gasteiger partial charge in [-0.25, -0.2) is 8.42 Å². The Morgan fingerprint density at radius 2 is 1.80 bits per heavy atom. The predicted octanol–water partition coefficient (Wildman–Crippen LogP) is 1.65. The second-order valence-corrected chi connectivity index (χ2v) is 6.01. The lowest BCUT2D eigenvalue weighted by Crippen LogP contribution is -2.03. The highest BCUT2D eigenvalue weighted by molar-refractivity contribution is 7.90. The van der Waals surface area contributed by atoms with Crippen LogP contribution in [0.3, 0.4) is 0 Å². The number of sulfone groups is 1. The van der Waals surface area contributed by atoms with E-state index in [0.29, 0.717) is 4.90 Å². The molecule has 1 aromatic rings. The summed E-state index contributed by atoms with van der Waals surface area (Å²) in [6.07, 6.45) is 2.93. The Balaban J connectivity index is 2.38. The van der Waals surface area contributed by atoms with Crippen LogP contribution < -0.4 is 0 Å². The highest BCUT2D eigenvalue weighted by Gasteiger charge is 2.44. The van der Waals surface area contributed by atoms with E-state index in [1.807, 2.05) is 0 Å². The molecule has 0 radical (unpaired) electrons. The molecule has 0 amide bonds. The van der Waals surface area contributed by atoms with Gasteiger partial charge in [-0.15, -0.1) is 0 Å². The van der Waals surface area contributed by atoms with E-state index < -0.39 is 9.84 Å². The normalized spacial score (nSPS) is 18.1.